The molecule has 2 aromatic carbocycles. The van der Waals surface area contributed by atoms with Crippen molar-refractivity contribution in [3.63, 3.8) is 0 Å². The molecule has 1 aliphatic carbocycles. The highest BCUT2D eigenvalue weighted by Crippen LogP contribution is 2.39. The average Bonchev–Trinajstić information content (AvgIpc) is 2.85. The van der Waals surface area contributed by atoms with Gasteiger partial charge in [0.1, 0.15) is 0 Å². The minimum absolute atomic E-state index is 0.0777. The van der Waals surface area contributed by atoms with Crippen LogP contribution in [0.1, 0.15) is 62.4 Å². The van der Waals surface area contributed by atoms with Crippen LogP contribution in [0.3, 0.4) is 0 Å². The monoisotopic (exact) mass is 559 g/mol. The molecule has 1 fully saturated rings. The highest BCUT2D eigenvalue weighted by molar-refractivity contribution is 6.35. The van der Waals surface area contributed by atoms with E-state index >= 15 is 0 Å². The van der Waals surface area contributed by atoms with Gasteiger partial charge in [0, 0.05) is 33.9 Å². The van der Waals surface area contributed by atoms with Crippen LogP contribution in [-0.2, 0) is 6.54 Å². The zero-order chi connectivity index (χ0) is 27.9. The third-order valence-corrected chi connectivity index (χ3v) is 7.34. The van der Waals surface area contributed by atoms with Crippen LogP contribution in [0.4, 0.5) is 10.5 Å². The molecule has 11 heteroatoms. The number of hydrogen-bond acceptors (Lipinski definition) is 4. The summed E-state index contributed by atoms with van der Waals surface area (Å²) in [6.45, 7) is 7.12. The number of halogens is 2. The van der Waals surface area contributed by atoms with Crippen LogP contribution in [0.2, 0.25) is 10.0 Å². The quantitative estimate of drug-likeness (QED) is 0.0990. The summed E-state index contributed by atoms with van der Waals surface area (Å²) in [6.07, 6.45) is 3.94. The van der Waals surface area contributed by atoms with Crippen molar-refractivity contribution in [1.29, 1.82) is 5.41 Å². The number of nitrogens with two attached hydrogens (primary N) is 1. The molecule has 0 heterocycles. The second-order valence-corrected chi connectivity index (χ2v) is 11.5. The molecule has 0 spiro atoms. The molecule has 38 heavy (non-hydrogen) atoms. The van der Waals surface area contributed by atoms with E-state index < -0.39 is 0 Å². The summed E-state index contributed by atoms with van der Waals surface area (Å²) in [6, 6.07) is 11.9. The highest BCUT2D eigenvalue weighted by atomic mass is 35.5. The molecule has 204 valence electrons. The maximum absolute atomic E-state index is 13.5. The van der Waals surface area contributed by atoms with Gasteiger partial charge in [-0.2, -0.15) is 0 Å². The summed E-state index contributed by atoms with van der Waals surface area (Å²) < 4.78 is 0. The van der Waals surface area contributed by atoms with Gasteiger partial charge in [0.25, 0.3) is 5.91 Å². The molecule has 3 amide bonds. The third kappa shape index (κ3) is 8.43. The van der Waals surface area contributed by atoms with E-state index in [9.17, 15) is 9.59 Å². The molecule has 0 atom stereocenters. The Morgan fingerprint density at radius 3 is 2.21 bits per heavy atom. The van der Waals surface area contributed by atoms with Crippen molar-refractivity contribution in [2.75, 3.05) is 11.9 Å². The summed E-state index contributed by atoms with van der Waals surface area (Å²) in [5, 5.41) is 20.4. The topological polar surface area (TPSA) is 136 Å². The van der Waals surface area contributed by atoms with Crippen LogP contribution < -0.4 is 16.5 Å². The molecule has 0 aromatic heterocycles. The van der Waals surface area contributed by atoms with Gasteiger partial charge in [0.2, 0.25) is 0 Å². The summed E-state index contributed by atoms with van der Waals surface area (Å²) in [5.74, 6) is 5.04. The predicted octanol–water partition coefficient (Wildman–Crippen LogP) is 6.67. The first kappa shape index (κ1) is 29.4. The van der Waals surface area contributed by atoms with Crippen molar-refractivity contribution >= 4 is 46.7 Å². The van der Waals surface area contributed by atoms with E-state index in [0.717, 1.165) is 31.2 Å². The van der Waals surface area contributed by atoms with Crippen LogP contribution in [0.25, 0.3) is 0 Å². The molecule has 0 saturated heterocycles. The smallest absolute Gasteiger partial charge is 0.322 e. The number of nitrogens with one attached hydrogen (secondary N) is 3. The third-order valence-electron chi connectivity index (χ3n) is 6.90. The second-order valence-electron chi connectivity index (χ2n) is 10.6. The predicted molar refractivity (Wildman–Crippen MR) is 152 cm³/mol. The van der Waals surface area contributed by atoms with E-state index in [1.54, 1.807) is 30.3 Å². The zero-order valence-electron chi connectivity index (χ0n) is 21.9. The number of hydrogen-bond donors (Lipinski definition) is 4. The summed E-state index contributed by atoms with van der Waals surface area (Å²) >= 11 is 12.3. The minimum Gasteiger partial charge on any atom is -0.345 e. The Morgan fingerprint density at radius 2 is 1.66 bits per heavy atom. The summed E-state index contributed by atoms with van der Waals surface area (Å²) in [7, 11) is 0. The van der Waals surface area contributed by atoms with Crippen LogP contribution in [0, 0.1) is 16.7 Å². The van der Waals surface area contributed by atoms with Gasteiger partial charge in [-0.1, -0.05) is 61.3 Å². The molecule has 2 aromatic rings. The Hall–Kier alpha value is -3.17. The van der Waals surface area contributed by atoms with Gasteiger partial charge in [0.05, 0.1) is 6.54 Å². The number of urea groups is 1. The van der Waals surface area contributed by atoms with Gasteiger partial charge >= 0.3 is 6.03 Å². The molecule has 5 N–H and O–H groups in total. The van der Waals surface area contributed by atoms with Crippen molar-refractivity contribution in [2.24, 2.45) is 27.5 Å². The molecular weight excluding hydrogens is 525 g/mol. The van der Waals surface area contributed by atoms with Gasteiger partial charge in [0.15, 0.2) is 5.84 Å². The molecular formula is C27H35Cl2N7O2. The average molecular weight is 561 g/mol. The first-order valence-corrected chi connectivity index (χ1v) is 13.3. The SMILES string of the molecule is CC(C)(C)C1CCC(N(Cc2ccc(C(=O)NCC(=N)N=NN)cc2)C(=O)Nc2cc(Cl)cc(Cl)c2)CC1. The first-order valence-electron chi connectivity index (χ1n) is 12.6. The van der Waals surface area contributed by atoms with Crippen molar-refractivity contribution in [3.8, 4) is 0 Å². The summed E-state index contributed by atoms with van der Waals surface area (Å²) in [5.41, 5.74) is 2.09. The maximum Gasteiger partial charge on any atom is 0.322 e. The van der Waals surface area contributed by atoms with Crippen molar-refractivity contribution in [1.82, 2.24) is 10.2 Å². The first-order chi connectivity index (χ1) is 18.0. The van der Waals surface area contributed by atoms with E-state index in [1.807, 2.05) is 17.0 Å². The number of nitrogens with zero attached hydrogens (tertiary/aromatic N) is 3. The van der Waals surface area contributed by atoms with Gasteiger partial charge in [-0.25, -0.2) is 4.79 Å². The lowest BCUT2D eigenvalue weighted by Crippen LogP contribution is -2.45. The molecule has 0 bridgehead atoms. The largest absolute Gasteiger partial charge is 0.345 e. The lowest BCUT2D eigenvalue weighted by atomic mass is 9.71. The maximum atomic E-state index is 13.5. The van der Waals surface area contributed by atoms with E-state index in [0.29, 0.717) is 33.8 Å². The van der Waals surface area contributed by atoms with Crippen LogP contribution in [0.15, 0.2) is 52.8 Å². The Morgan fingerprint density at radius 1 is 1.05 bits per heavy atom. The van der Waals surface area contributed by atoms with Crippen molar-refractivity contribution in [2.45, 2.75) is 59.0 Å². The van der Waals surface area contributed by atoms with E-state index in [-0.39, 0.29) is 35.8 Å². The van der Waals surface area contributed by atoms with Gasteiger partial charge in [-0.15, -0.1) is 5.11 Å². The lowest BCUT2D eigenvalue weighted by molar-refractivity contribution is 0.0958. The van der Waals surface area contributed by atoms with Gasteiger partial charge in [-0.3, -0.25) is 10.2 Å². The molecule has 1 saturated carbocycles. The lowest BCUT2D eigenvalue weighted by Gasteiger charge is -2.41. The Bertz CT molecular complexity index is 1150. The molecule has 3 rings (SSSR count). The number of anilines is 1. The number of benzene rings is 2. The minimum atomic E-state index is -0.346. The van der Waals surface area contributed by atoms with Crippen LogP contribution in [0.5, 0.6) is 0 Å². The Balaban J connectivity index is 1.74. The van der Waals surface area contributed by atoms with Gasteiger partial charge < -0.3 is 21.4 Å². The van der Waals surface area contributed by atoms with Crippen molar-refractivity contribution < 1.29 is 9.59 Å². The fourth-order valence-corrected chi connectivity index (χ4v) is 5.30. The van der Waals surface area contributed by atoms with E-state index in [1.165, 1.54) is 0 Å². The number of rotatable bonds is 7. The molecule has 0 radical (unpaired) electrons. The number of amides is 3. The highest BCUT2D eigenvalue weighted by Gasteiger charge is 2.33. The normalized spacial score (nSPS) is 17.7. The fourth-order valence-electron chi connectivity index (χ4n) is 4.77. The second kappa shape index (κ2) is 13.1. The van der Waals surface area contributed by atoms with E-state index in [2.05, 4.69) is 41.7 Å². The number of carbonyl (C=O) groups excluding carboxylic acids is 2. The molecule has 1 aliphatic rings. The molecule has 9 nitrogen and oxygen atoms in total. The Labute approximate surface area is 233 Å². The summed E-state index contributed by atoms with van der Waals surface area (Å²) in [4.78, 5) is 27.8. The molecule has 0 unspecified atom stereocenters. The number of amidine groups is 1. The number of carbonyl (C=O) groups is 2. The zero-order valence-corrected chi connectivity index (χ0v) is 23.4. The van der Waals surface area contributed by atoms with Crippen LogP contribution >= 0.6 is 23.2 Å². The van der Waals surface area contributed by atoms with E-state index in [4.69, 9.17) is 34.5 Å². The standard InChI is InChI=1S/C27H35Cl2N7O2/c1-27(2,3)19-8-10-23(11-9-19)36(26(38)33-22-13-20(28)12-21(29)14-22)16-17-4-6-18(7-5-17)25(37)32-15-24(30)34-35-31/h4-7,12-14,19,23H,8-11,15-16H2,1-3H3,(H,32,37)(H,33,38)(H3,30,31,34). The fraction of sp³-hybridized carbons (Fsp3) is 0.444. The van der Waals surface area contributed by atoms with Crippen molar-refractivity contribution in [3.05, 3.63) is 63.6 Å². The Kier molecular flexibility index (Phi) is 10.1. The van der Waals surface area contributed by atoms with Gasteiger partial charge in [-0.05, 0) is 72.9 Å². The molecule has 0 aliphatic heterocycles. The van der Waals surface area contributed by atoms with Crippen LogP contribution in [-0.4, -0.2) is 35.3 Å².